The fraction of sp³-hybridized carbons (Fsp3) is 0.273. The smallest absolute Gasteiger partial charge is 0.259 e. The summed E-state index contributed by atoms with van der Waals surface area (Å²) in [5, 5.41) is 2.87. The number of nitrogens with zero attached hydrogens (tertiary/aromatic N) is 1. The molecule has 7 heteroatoms. The minimum Gasteiger partial charge on any atom is -0.496 e. The second-order valence-electron chi connectivity index (χ2n) is 6.57. The first-order valence-electron chi connectivity index (χ1n) is 9.14. The first kappa shape index (κ1) is 20.3. The van der Waals surface area contributed by atoms with Crippen LogP contribution in [-0.2, 0) is 0 Å². The third kappa shape index (κ3) is 4.18. The molecule has 0 saturated heterocycles. The Morgan fingerprint density at radius 2 is 1.52 bits per heavy atom. The highest BCUT2D eigenvalue weighted by atomic mass is 16.5. The summed E-state index contributed by atoms with van der Waals surface area (Å²) in [4.78, 5) is 27.3. The summed E-state index contributed by atoms with van der Waals surface area (Å²) in [5.74, 6) is 0.783. The Balaban J connectivity index is 1.89. The van der Waals surface area contributed by atoms with Gasteiger partial charge in [0.2, 0.25) is 0 Å². The van der Waals surface area contributed by atoms with E-state index in [2.05, 4.69) is 5.32 Å². The van der Waals surface area contributed by atoms with Crippen LogP contribution < -0.4 is 19.5 Å². The van der Waals surface area contributed by atoms with Gasteiger partial charge in [0, 0.05) is 36.5 Å². The van der Waals surface area contributed by atoms with Gasteiger partial charge in [0.1, 0.15) is 5.75 Å². The molecule has 1 aliphatic rings. The van der Waals surface area contributed by atoms with E-state index in [0.29, 0.717) is 47.2 Å². The van der Waals surface area contributed by atoms with Gasteiger partial charge >= 0.3 is 0 Å². The number of carbonyl (C=O) groups is 2. The molecular formula is C22H24N2O5. The van der Waals surface area contributed by atoms with E-state index in [9.17, 15) is 9.59 Å². The van der Waals surface area contributed by atoms with Crippen molar-refractivity contribution in [2.24, 2.45) is 0 Å². The molecule has 0 fully saturated rings. The van der Waals surface area contributed by atoms with Crippen molar-refractivity contribution >= 4 is 17.5 Å². The molecule has 0 saturated carbocycles. The van der Waals surface area contributed by atoms with Crippen LogP contribution in [0, 0.1) is 6.92 Å². The van der Waals surface area contributed by atoms with E-state index in [-0.39, 0.29) is 11.8 Å². The van der Waals surface area contributed by atoms with Crippen LogP contribution in [0.1, 0.15) is 26.3 Å². The molecule has 29 heavy (non-hydrogen) atoms. The van der Waals surface area contributed by atoms with Crippen molar-refractivity contribution in [3.8, 4) is 17.2 Å². The molecule has 2 aromatic carbocycles. The van der Waals surface area contributed by atoms with E-state index in [0.717, 1.165) is 5.56 Å². The van der Waals surface area contributed by atoms with Gasteiger partial charge in [-0.3, -0.25) is 9.59 Å². The monoisotopic (exact) mass is 396 g/mol. The van der Waals surface area contributed by atoms with Crippen LogP contribution >= 0.6 is 0 Å². The summed E-state index contributed by atoms with van der Waals surface area (Å²) in [5.41, 5.74) is 2.22. The maximum atomic E-state index is 13.0. The lowest BCUT2D eigenvalue weighted by molar-refractivity contribution is 0.0799. The van der Waals surface area contributed by atoms with Crippen LogP contribution in [0.3, 0.4) is 0 Å². The normalized spacial score (nSPS) is 12.6. The van der Waals surface area contributed by atoms with Crippen LogP contribution in [0.15, 0.2) is 42.5 Å². The summed E-state index contributed by atoms with van der Waals surface area (Å²) in [6, 6.07) is 8.44. The average Bonchev–Trinajstić information content (AvgIpc) is 3.28. The lowest BCUT2D eigenvalue weighted by Crippen LogP contribution is -2.28. The van der Waals surface area contributed by atoms with Gasteiger partial charge in [-0.15, -0.1) is 0 Å². The zero-order chi connectivity index (χ0) is 21.0. The third-order valence-electron chi connectivity index (χ3n) is 4.79. The number of benzene rings is 2. The SMILES string of the molecule is COc1cc(OC)c(C(=O)Nc2cc(C(=O)N3CC=CC3)ccc2C)cc1OC. The Bertz CT molecular complexity index is 960. The van der Waals surface area contributed by atoms with Gasteiger partial charge in [0.15, 0.2) is 11.5 Å². The van der Waals surface area contributed by atoms with Crippen molar-refractivity contribution in [2.75, 3.05) is 39.7 Å². The molecule has 0 aliphatic carbocycles. The third-order valence-corrected chi connectivity index (χ3v) is 4.79. The maximum absolute atomic E-state index is 13.0. The first-order chi connectivity index (χ1) is 14.0. The van der Waals surface area contributed by atoms with Gasteiger partial charge in [0.25, 0.3) is 11.8 Å². The highest BCUT2D eigenvalue weighted by Gasteiger charge is 2.20. The molecular weight excluding hydrogens is 372 g/mol. The predicted molar refractivity (Wildman–Crippen MR) is 110 cm³/mol. The van der Waals surface area contributed by atoms with E-state index in [1.807, 2.05) is 25.1 Å². The number of hydrogen-bond donors (Lipinski definition) is 1. The van der Waals surface area contributed by atoms with Crippen molar-refractivity contribution in [1.29, 1.82) is 0 Å². The topological polar surface area (TPSA) is 77.1 Å². The van der Waals surface area contributed by atoms with E-state index in [1.54, 1.807) is 29.2 Å². The summed E-state index contributed by atoms with van der Waals surface area (Å²) >= 11 is 0. The zero-order valence-corrected chi connectivity index (χ0v) is 16.9. The number of carbonyl (C=O) groups excluding carboxylic acids is 2. The highest BCUT2D eigenvalue weighted by molar-refractivity contribution is 6.07. The largest absolute Gasteiger partial charge is 0.496 e. The molecule has 152 valence electrons. The Kier molecular flexibility index (Phi) is 6.07. The molecule has 1 N–H and O–H groups in total. The molecule has 3 rings (SSSR count). The Morgan fingerprint density at radius 3 is 2.14 bits per heavy atom. The van der Waals surface area contributed by atoms with E-state index >= 15 is 0 Å². The van der Waals surface area contributed by atoms with Crippen molar-refractivity contribution in [1.82, 2.24) is 4.90 Å². The molecule has 1 aliphatic heterocycles. The van der Waals surface area contributed by atoms with Crippen molar-refractivity contribution in [3.63, 3.8) is 0 Å². The minimum atomic E-state index is -0.377. The molecule has 0 atom stereocenters. The summed E-state index contributed by atoms with van der Waals surface area (Å²) in [7, 11) is 4.49. The Hall–Kier alpha value is -3.48. The molecule has 0 bridgehead atoms. The van der Waals surface area contributed by atoms with Crippen molar-refractivity contribution < 1.29 is 23.8 Å². The maximum Gasteiger partial charge on any atom is 0.259 e. The van der Waals surface area contributed by atoms with Crippen LogP contribution in [0.2, 0.25) is 0 Å². The van der Waals surface area contributed by atoms with E-state index < -0.39 is 0 Å². The summed E-state index contributed by atoms with van der Waals surface area (Å²) in [6.07, 6.45) is 3.91. The second-order valence-corrected chi connectivity index (χ2v) is 6.57. The number of nitrogens with one attached hydrogen (secondary N) is 1. The lowest BCUT2D eigenvalue weighted by Gasteiger charge is -2.17. The fourth-order valence-corrected chi connectivity index (χ4v) is 3.11. The molecule has 0 unspecified atom stereocenters. The number of anilines is 1. The van der Waals surface area contributed by atoms with Gasteiger partial charge < -0.3 is 24.4 Å². The van der Waals surface area contributed by atoms with Crippen LogP contribution in [0.5, 0.6) is 17.2 Å². The number of aryl methyl sites for hydroxylation is 1. The fourth-order valence-electron chi connectivity index (χ4n) is 3.11. The molecule has 1 heterocycles. The van der Waals surface area contributed by atoms with Crippen LogP contribution in [-0.4, -0.2) is 51.1 Å². The van der Waals surface area contributed by atoms with E-state index in [1.165, 1.54) is 21.3 Å². The predicted octanol–water partition coefficient (Wildman–Crippen LogP) is 3.29. The Labute approximate surface area is 169 Å². The molecule has 0 aromatic heterocycles. The van der Waals surface area contributed by atoms with Crippen LogP contribution in [0.25, 0.3) is 0 Å². The van der Waals surface area contributed by atoms with Gasteiger partial charge in [-0.1, -0.05) is 18.2 Å². The highest BCUT2D eigenvalue weighted by Crippen LogP contribution is 2.35. The number of hydrogen-bond acceptors (Lipinski definition) is 5. The quantitative estimate of drug-likeness (QED) is 0.759. The Morgan fingerprint density at radius 1 is 0.897 bits per heavy atom. The second kappa shape index (κ2) is 8.68. The first-order valence-corrected chi connectivity index (χ1v) is 9.14. The number of ether oxygens (including phenoxy) is 3. The minimum absolute atomic E-state index is 0.0748. The molecule has 2 aromatic rings. The molecule has 7 nitrogen and oxygen atoms in total. The van der Waals surface area contributed by atoms with Gasteiger partial charge in [-0.25, -0.2) is 0 Å². The summed E-state index contributed by atoms with van der Waals surface area (Å²) < 4.78 is 15.9. The van der Waals surface area contributed by atoms with Crippen molar-refractivity contribution in [2.45, 2.75) is 6.92 Å². The number of amides is 2. The molecule has 0 spiro atoms. The molecule has 2 amide bonds. The van der Waals surface area contributed by atoms with Gasteiger partial charge in [0.05, 0.1) is 26.9 Å². The number of methoxy groups -OCH3 is 3. The molecule has 0 radical (unpaired) electrons. The summed E-state index contributed by atoms with van der Waals surface area (Å²) in [6.45, 7) is 3.06. The zero-order valence-electron chi connectivity index (χ0n) is 16.9. The number of rotatable bonds is 6. The average molecular weight is 396 g/mol. The van der Waals surface area contributed by atoms with Gasteiger partial charge in [-0.05, 0) is 24.6 Å². The lowest BCUT2D eigenvalue weighted by atomic mass is 10.1. The van der Waals surface area contributed by atoms with Gasteiger partial charge in [-0.2, -0.15) is 0 Å². The van der Waals surface area contributed by atoms with E-state index in [4.69, 9.17) is 14.2 Å². The van der Waals surface area contributed by atoms with Crippen LogP contribution in [0.4, 0.5) is 5.69 Å². The standard InChI is InChI=1S/C22H24N2O5/c1-14-7-8-15(22(26)24-9-5-6-10-24)11-17(14)23-21(25)16-12-19(28-3)20(29-4)13-18(16)27-2/h5-8,11-13H,9-10H2,1-4H3,(H,23,25). The van der Waals surface area contributed by atoms with Crippen molar-refractivity contribution in [3.05, 3.63) is 59.2 Å².